The van der Waals surface area contributed by atoms with Gasteiger partial charge in [0.1, 0.15) is 5.78 Å². The molecular weight excluding hydrogens is 348 g/mol. The van der Waals surface area contributed by atoms with E-state index in [1.54, 1.807) is 0 Å². The van der Waals surface area contributed by atoms with Gasteiger partial charge in [-0.05, 0) is 50.7 Å². The van der Waals surface area contributed by atoms with E-state index in [0.717, 1.165) is 36.8 Å². The van der Waals surface area contributed by atoms with Crippen LogP contribution in [0.15, 0.2) is 48.5 Å². The van der Waals surface area contributed by atoms with E-state index in [9.17, 15) is 15.0 Å². The Bertz CT molecular complexity index is 771. The van der Waals surface area contributed by atoms with Gasteiger partial charge in [0.15, 0.2) is 0 Å². The van der Waals surface area contributed by atoms with Gasteiger partial charge in [0.2, 0.25) is 0 Å². The van der Waals surface area contributed by atoms with Crippen molar-refractivity contribution in [1.29, 1.82) is 0 Å². The van der Waals surface area contributed by atoms with Gasteiger partial charge >= 0.3 is 0 Å². The van der Waals surface area contributed by atoms with E-state index in [2.05, 4.69) is 62.4 Å². The van der Waals surface area contributed by atoms with Crippen molar-refractivity contribution in [3.63, 3.8) is 0 Å². The van der Waals surface area contributed by atoms with Crippen LogP contribution in [-0.2, 0) is 15.6 Å². The van der Waals surface area contributed by atoms with E-state index < -0.39 is 11.8 Å². The molecule has 2 aliphatic rings. The normalized spacial score (nSPS) is 21.0. The lowest BCUT2D eigenvalue weighted by Crippen LogP contribution is -2.42. The molecule has 148 valence electrons. The van der Waals surface area contributed by atoms with Crippen LogP contribution in [0.25, 0.3) is 0 Å². The number of aryl methyl sites for hydroxylation is 2. The zero-order chi connectivity index (χ0) is 19.9. The van der Waals surface area contributed by atoms with E-state index in [4.69, 9.17) is 0 Å². The summed E-state index contributed by atoms with van der Waals surface area (Å²) in [6.07, 6.45) is 3.68. The van der Waals surface area contributed by atoms with E-state index in [1.165, 1.54) is 11.1 Å². The Morgan fingerprint density at radius 1 is 0.750 bits per heavy atom. The lowest BCUT2D eigenvalue weighted by atomic mass is 9.71. The topological polar surface area (TPSA) is 57.5 Å². The molecule has 2 N–H and O–H groups in total. The van der Waals surface area contributed by atoms with E-state index in [1.807, 2.05) is 0 Å². The van der Waals surface area contributed by atoms with Crippen molar-refractivity contribution in [3.8, 4) is 0 Å². The minimum atomic E-state index is -0.449. The fourth-order valence-corrected chi connectivity index (χ4v) is 5.03. The summed E-state index contributed by atoms with van der Waals surface area (Å²) < 4.78 is 0. The molecule has 2 aromatic carbocycles. The van der Waals surface area contributed by atoms with Crippen LogP contribution in [-0.4, -0.2) is 29.2 Å². The molecule has 3 nitrogen and oxygen atoms in total. The number of ketones is 1. The Morgan fingerprint density at radius 2 is 1.07 bits per heavy atom. The molecule has 0 aliphatic heterocycles. The van der Waals surface area contributed by atoms with Gasteiger partial charge in [-0.2, -0.15) is 0 Å². The van der Waals surface area contributed by atoms with Crippen LogP contribution < -0.4 is 0 Å². The molecule has 2 aromatic rings. The number of rotatable bonds is 8. The number of hydrogen-bond acceptors (Lipinski definition) is 3. The molecule has 4 rings (SSSR count). The quantitative estimate of drug-likeness (QED) is 0.733. The predicted molar refractivity (Wildman–Crippen MR) is 110 cm³/mol. The minimum Gasteiger partial charge on any atom is -0.396 e. The zero-order valence-electron chi connectivity index (χ0n) is 16.8. The van der Waals surface area contributed by atoms with Gasteiger partial charge < -0.3 is 10.2 Å². The molecule has 28 heavy (non-hydrogen) atoms. The maximum absolute atomic E-state index is 13.6. The smallest absolute Gasteiger partial charge is 0.145 e. The first-order valence-electron chi connectivity index (χ1n) is 10.4. The molecule has 0 heterocycles. The largest absolute Gasteiger partial charge is 0.396 e. The maximum Gasteiger partial charge on any atom is 0.145 e. The first-order chi connectivity index (χ1) is 13.5. The Balaban J connectivity index is 1.64. The summed E-state index contributed by atoms with van der Waals surface area (Å²) in [5, 5.41) is 20.4. The second-order valence-electron chi connectivity index (χ2n) is 8.92. The number of hydrogen-bond donors (Lipinski definition) is 2. The summed E-state index contributed by atoms with van der Waals surface area (Å²) >= 11 is 0. The third-order valence-corrected chi connectivity index (χ3v) is 7.22. The Morgan fingerprint density at radius 3 is 1.32 bits per heavy atom. The van der Waals surface area contributed by atoms with Crippen LogP contribution >= 0.6 is 0 Å². The summed E-state index contributed by atoms with van der Waals surface area (Å²) in [6.45, 7) is 3.79. The highest BCUT2D eigenvalue weighted by Gasteiger charge is 2.59. The van der Waals surface area contributed by atoms with Gasteiger partial charge in [-0.1, -0.05) is 59.7 Å². The van der Waals surface area contributed by atoms with E-state index in [0.29, 0.717) is 0 Å². The van der Waals surface area contributed by atoms with E-state index in [-0.39, 0.29) is 29.8 Å². The van der Waals surface area contributed by atoms with Gasteiger partial charge in [0.25, 0.3) is 0 Å². The van der Waals surface area contributed by atoms with Crippen molar-refractivity contribution in [2.45, 2.75) is 50.4 Å². The molecule has 2 unspecified atom stereocenters. The molecule has 2 saturated carbocycles. The molecule has 2 atom stereocenters. The summed E-state index contributed by atoms with van der Waals surface area (Å²) in [7, 11) is 0. The lowest BCUT2D eigenvalue weighted by Gasteiger charge is -2.32. The first-order valence-corrected chi connectivity index (χ1v) is 10.4. The van der Waals surface area contributed by atoms with Crippen LogP contribution in [0.1, 0.15) is 47.9 Å². The standard InChI is InChI=1S/C25H30O3/c1-17-3-7-19(8-4-17)24(11-12-24)21(15-26)23(28)22(16-27)25(13-14-25)20-9-5-18(2)6-10-20/h3-10,21-22,26-27H,11-16H2,1-2H3. The SMILES string of the molecule is Cc1ccc(C2(C(CO)C(=O)C(CO)C3(c4ccc(C)cc4)CC3)CC2)cc1. The highest BCUT2D eigenvalue weighted by Crippen LogP contribution is 2.59. The molecule has 0 spiro atoms. The number of benzene rings is 2. The highest BCUT2D eigenvalue weighted by molar-refractivity contribution is 5.88. The molecule has 3 heteroatoms. The van der Waals surface area contributed by atoms with Crippen molar-refractivity contribution in [2.24, 2.45) is 11.8 Å². The second kappa shape index (κ2) is 7.13. The van der Waals surface area contributed by atoms with Crippen molar-refractivity contribution in [1.82, 2.24) is 0 Å². The zero-order valence-corrected chi connectivity index (χ0v) is 16.8. The van der Waals surface area contributed by atoms with Crippen molar-refractivity contribution in [3.05, 3.63) is 70.8 Å². The molecular formula is C25H30O3. The maximum atomic E-state index is 13.6. The fraction of sp³-hybridized carbons (Fsp3) is 0.480. The number of aliphatic hydroxyl groups excluding tert-OH is 2. The van der Waals surface area contributed by atoms with Crippen LogP contribution in [0.3, 0.4) is 0 Å². The number of carbonyl (C=O) groups excluding carboxylic acids is 1. The van der Waals surface area contributed by atoms with Gasteiger partial charge in [0, 0.05) is 10.8 Å². The molecule has 2 fully saturated rings. The molecule has 0 radical (unpaired) electrons. The van der Waals surface area contributed by atoms with Crippen LogP contribution in [0.2, 0.25) is 0 Å². The monoisotopic (exact) mass is 378 g/mol. The Hall–Kier alpha value is -1.97. The summed E-state index contributed by atoms with van der Waals surface area (Å²) in [6, 6.07) is 16.7. The number of Topliss-reactive ketones (excluding diaryl/α,β-unsaturated/α-hetero) is 1. The summed E-state index contributed by atoms with van der Waals surface area (Å²) in [4.78, 5) is 13.6. The molecule has 2 aliphatic carbocycles. The van der Waals surface area contributed by atoms with Crippen LogP contribution in [0.4, 0.5) is 0 Å². The van der Waals surface area contributed by atoms with Crippen molar-refractivity contribution < 1.29 is 15.0 Å². The predicted octanol–water partition coefficient (Wildman–Crippen LogP) is 3.85. The third kappa shape index (κ3) is 3.11. The van der Waals surface area contributed by atoms with Gasteiger partial charge in [-0.3, -0.25) is 4.79 Å². The number of aliphatic hydroxyl groups is 2. The van der Waals surface area contributed by atoms with Gasteiger partial charge in [0.05, 0.1) is 25.0 Å². The van der Waals surface area contributed by atoms with Crippen LogP contribution in [0.5, 0.6) is 0 Å². The van der Waals surface area contributed by atoms with Gasteiger partial charge in [-0.15, -0.1) is 0 Å². The summed E-state index contributed by atoms with van der Waals surface area (Å²) in [5.74, 6) is -0.869. The minimum absolute atomic E-state index is 0.0288. The highest BCUT2D eigenvalue weighted by atomic mass is 16.3. The molecule has 0 aromatic heterocycles. The van der Waals surface area contributed by atoms with Gasteiger partial charge in [-0.25, -0.2) is 0 Å². The fourth-order valence-electron chi connectivity index (χ4n) is 5.03. The molecule has 0 bridgehead atoms. The Labute approximate surface area is 167 Å². The molecule has 0 amide bonds. The average Bonchev–Trinajstić information content (AvgIpc) is 3.61. The molecule has 0 saturated heterocycles. The average molecular weight is 379 g/mol. The third-order valence-electron chi connectivity index (χ3n) is 7.22. The van der Waals surface area contributed by atoms with Crippen molar-refractivity contribution in [2.75, 3.05) is 13.2 Å². The second-order valence-corrected chi connectivity index (χ2v) is 8.92. The van der Waals surface area contributed by atoms with Crippen molar-refractivity contribution >= 4 is 5.78 Å². The lowest BCUT2D eigenvalue weighted by molar-refractivity contribution is -0.132. The van der Waals surface area contributed by atoms with Crippen LogP contribution in [0, 0.1) is 25.7 Å². The first kappa shape index (κ1) is 19.4. The number of carbonyl (C=O) groups is 1. The van der Waals surface area contributed by atoms with E-state index >= 15 is 0 Å². The Kier molecular flexibility index (Phi) is 4.93. The summed E-state index contributed by atoms with van der Waals surface area (Å²) in [5.41, 5.74) is 4.13.